The second-order valence-corrected chi connectivity index (χ2v) is 11.2. The zero-order chi connectivity index (χ0) is 22.1. The Morgan fingerprint density at radius 1 is 1.00 bits per heavy atom. The fourth-order valence-electron chi connectivity index (χ4n) is 8.48. The zero-order valence-corrected chi connectivity index (χ0v) is 18.5. The molecule has 1 aromatic rings. The van der Waals surface area contributed by atoms with Gasteiger partial charge >= 0.3 is 5.63 Å². The molecule has 0 saturated heterocycles. The van der Waals surface area contributed by atoms with Crippen LogP contribution in [-0.4, -0.2) is 34.0 Å². The summed E-state index contributed by atoms with van der Waals surface area (Å²) < 4.78 is 10.4. The average Bonchev–Trinajstić information content (AvgIpc) is 3.01. The second-order valence-electron chi connectivity index (χ2n) is 11.2. The largest absolute Gasteiger partial charge is 0.464 e. The predicted octanol–water partition coefficient (Wildman–Crippen LogP) is 3.54. The number of hydrogen-bond acceptors (Lipinski definition) is 6. The maximum Gasteiger partial charge on any atom is 0.335 e. The minimum Gasteiger partial charge on any atom is -0.464 e. The minimum absolute atomic E-state index is 0.140. The molecule has 4 saturated carbocycles. The molecule has 4 aliphatic rings. The lowest BCUT2D eigenvalue weighted by Crippen LogP contribution is -2.67. The van der Waals surface area contributed by atoms with E-state index in [4.69, 9.17) is 9.15 Å². The van der Waals surface area contributed by atoms with E-state index in [9.17, 15) is 19.8 Å². The van der Waals surface area contributed by atoms with Crippen molar-refractivity contribution < 1.29 is 24.2 Å². The molecule has 170 valence electrons. The van der Waals surface area contributed by atoms with Crippen LogP contribution in [0.25, 0.3) is 0 Å². The van der Waals surface area contributed by atoms with E-state index in [0.717, 1.165) is 50.5 Å². The van der Waals surface area contributed by atoms with E-state index >= 15 is 0 Å². The van der Waals surface area contributed by atoms with Crippen LogP contribution in [0.5, 0.6) is 0 Å². The lowest BCUT2D eigenvalue weighted by Gasteiger charge is -2.66. The number of fused-ring (bicyclic) bond motifs is 5. The van der Waals surface area contributed by atoms with E-state index in [0.29, 0.717) is 19.3 Å². The Morgan fingerprint density at radius 2 is 1.74 bits per heavy atom. The molecule has 0 amide bonds. The van der Waals surface area contributed by atoms with E-state index in [2.05, 4.69) is 13.8 Å². The highest BCUT2D eigenvalue weighted by Crippen LogP contribution is 2.71. The first-order valence-electron chi connectivity index (χ1n) is 11.8. The van der Waals surface area contributed by atoms with Crippen molar-refractivity contribution in [2.24, 2.45) is 22.7 Å². The second kappa shape index (κ2) is 6.92. The Morgan fingerprint density at radius 3 is 2.45 bits per heavy atom. The van der Waals surface area contributed by atoms with Crippen molar-refractivity contribution in [1.29, 1.82) is 0 Å². The molecule has 4 aliphatic carbocycles. The summed E-state index contributed by atoms with van der Waals surface area (Å²) in [5.74, 6) is 0.544. The molecule has 1 aromatic heterocycles. The molecule has 4 fully saturated rings. The lowest BCUT2D eigenvalue weighted by molar-refractivity contribution is -0.254. The maximum absolute atomic E-state index is 12.2. The van der Waals surface area contributed by atoms with Crippen molar-refractivity contribution in [2.75, 3.05) is 0 Å². The number of hydrogen-bond donors (Lipinski definition) is 2. The van der Waals surface area contributed by atoms with Gasteiger partial charge in [0.05, 0.1) is 17.5 Å². The lowest BCUT2D eigenvalue weighted by atomic mass is 9.42. The highest BCUT2D eigenvalue weighted by molar-refractivity contribution is 5.37. The summed E-state index contributed by atoms with van der Waals surface area (Å²) in [7, 11) is 0. The highest BCUT2D eigenvalue weighted by Gasteiger charge is 2.70. The molecule has 8 atom stereocenters. The Balaban J connectivity index is 1.46. The Hall–Kier alpha value is -1.66. The van der Waals surface area contributed by atoms with Crippen molar-refractivity contribution in [3.05, 3.63) is 34.4 Å². The topological polar surface area (TPSA) is 97.0 Å². The summed E-state index contributed by atoms with van der Waals surface area (Å²) in [5, 5.41) is 23.9. The zero-order valence-electron chi connectivity index (χ0n) is 18.5. The van der Waals surface area contributed by atoms with E-state index in [-0.39, 0.29) is 40.3 Å². The summed E-state index contributed by atoms with van der Waals surface area (Å²) in [4.78, 5) is 22.3. The van der Waals surface area contributed by atoms with Gasteiger partial charge < -0.3 is 19.4 Å². The van der Waals surface area contributed by atoms with Gasteiger partial charge in [0.25, 0.3) is 6.47 Å². The Bertz CT molecular complexity index is 906. The fourth-order valence-corrected chi connectivity index (χ4v) is 8.48. The monoisotopic (exact) mass is 430 g/mol. The van der Waals surface area contributed by atoms with Crippen molar-refractivity contribution in [1.82, 2.24) is 0 Å². The molecular weight excluding hydrogens is 396 g/mol. The van der Waals surface area contributed by atoms with Crippen LogP contribution in [0.1, 0.15) is 83.1 Å². The van der Waals surface area contributed by atoms with E-state index in [1.165, 1.54) is 6.07 Å². The standard InChI is InChI=1S/C25H34O6/c1-22-9-5-17(31-15-26)13-24(22,28)11-7-20-19(22)6-10-23(2)18(8-12-25(20,23)29)16-3-4-21(27)30-14-16/h3-4,14-15,17-20,28-29H,5-13H2,1-2H3. The molecule has 2 N–H and O–H groups in total. The molecule has 0 radical (unpaired) electrons. The van der Waals surface area contributed by atoms with Gasteiger partial charge in [-0.05, 0) is 86.2 Å². The number of carbonyl (C=O) groups excluding carboxylic acids is 1. The van der Waals surface area contributed by atoms with Crippen LogP contribution in [0, 0.1) is 22.7 Å². The van der Waals surface area contributed by atoms with Crippen molar-refractivity contribution in [3.63, 3.8) is 0 Å². The first-order chi connectivity index (χ1) is 14.7. The fraction of sp³-hybridized carbons (Fsp3) is 0.760. The predicted molar refractivity (Wildman–Crippen MR) is 113 cm³/mol. The van der Waals surface area contributed by atoms with Crippen LogP contribution in [0.4, 0.5) is 0 Å². The first kappa shape index (κ1) is 21.2. The molecule has 31 heavy (non-hydrogen) atoms. The van der Waals surface area contributed by atoms with Crippen LogP contribution in [0.3, 0.4) is 0 Å². The van der Waals surface area contributed by atoms with Crippen molar-refractivity contribution >= 4 is 6.47 Å². The minimum atomic E-state index is -0.856. The van der Waals surface area contributed by atoms with Gasteiger partial charge in [-0.25, -0.2) is 4.79 Å². The van der Waals surface area contributed by atoms with Crippen LogP contribution >= 0.6 is 0 Å². The molecular formula is C25H34O6. The summed E-state index contributed by atoms with van der Waals surface area (Å²) in [5.41, 5.74) is -1.56. The van der Waals surface area contributed by atoms with Crippen molar-refractivity contribution in [2.45, 2.75) is 94.9 Å². The number of carbonyl (C=O) groups is 1. The maximum atomic E-state index is 12.2. The van der Waals surface area contributed by atoms with Gasteiger partial charge in [0.2, 0.25) is 0 Å². The summed E-state index contributed by atoms with van der Waals surface area (Å²) in [6.07, 6.45) is 8.31. The molecule has 5 rings (SSSR count). The smallest absolute Gasteiger partial charge is 0.335 e. The molecule has 0 aromatic carbocycles. The summed E-state index contributed by atoms with van der Waals surface area (Å²) >= 11 is 0. The number of ether oxygens (including phenoxy) is 1. The summed E-state index contributed by atoms with van der Waals surface area (Å²) in [6, 6.07) is 3.33. The average molecular weight is 431 g/mol. The molecule has 0 bridgehead atoms. The van der Waals surface area contributed by atoms with Gasteiger partial charge in [0.1, 0.15) is 6.10 Å². The van der Waals surface area contributed by atoms with Gasteiger partial charge in [-0.3, -0.25) is 4.79 Å². The molecule has 1 heterocycles. The van der Waals surface area contributed by atoms with Crippen LogP contribution < -0.4 is 5.63 Å². The van der Waals surface area contributed by atoms with Gasteiger partial charge in [0.15, 0.2) is 0 Å². The molecule has 6 heteroatoms. The normalized spacial score (nSPS) is 48.9. The SMILES string of the molecule is CC12CCC(OC=O)CC1(O)CCC1C2CCC2(C)C(c3ccc(=O)oc3)CCC12O. The van der Waals surface area contributed by atoms with E-state index < -0.39 is 11.2 Å². The van der Waals surface area contributed by atoms with Crippen molar-refractivity contribution in [3.8, 4) is 0 Å². The number of rotatable bonds is 3. The summed E-state index contributed by atoms with van der Waals surface area (Å²) in [6.45, 7) is 4.91. The molecule has 8 unspecified atom stereocenters. The third kappa shape index (κ3) is 2.76. The quantitative estimate of drug-likeness (QED) is 0.712. The molecule has 0 aliphatic heterocycles. The van der Waals surface area contributed by atoms with Gasteiger partial charge in [0, 0.05) is 17.9 Å². The third-order valence-corrected chi connectivity index (χ3v) is 10.3. The molecule has 0 spiro atoms. The van der Waals surface area contributed by atoms with E-state index in [1.807, 2.05) is 6.07 Å². The number of aliphatic hydroxyl groups is 2. The van der Waals surface area contributed by atoms with Crippen LogP contribution in [-0.2, 0) is 9.53 Å². The molecule has 6 nitrogen and oxygen atoms in total. The van der Waals surface area contributed by atoms with Gasteiger partial charge in [-0.15, -0.1) is 0 Å². The van der Waals surface area contributed by atoms with Gasteiger partial charge in [-0.1, -0.05) is 13.8 Å². The Labute approximate surface area is 183 Å². The van der Waals surface area contributed by atoms with Crippen LogP contribution in [0.2, 0.25) is 0 Å². The van der Waals surface area contributed by atoms with E-state index in [1.54, 1.807) is 6.26 Å². The van der Waals surface area contributed by atoms with Gasteiger partial charge in [-0.2, -0.15) is 0 Å². The third-order valence-electron chi connectivity index (χ3n) is 10.3. The first-order valence-corrected chi connectivity index (χ1v) is 11.8. The Kier molecular flexibility index (Phi) is 4.73. The highest BCUT2D eigenvalue weighted by atomic mass is 16.5. The van der Waals surface area contributed by atoms with Crippen LogP contribution in [0.15, 0.2) is 27.6 Å².